The van der Waals surface area contributed by atoms with Gasteiger partial charge in [-0.3, -0.25) is 0 Å². The Hall–Kier alpha value is -0.710. The Balaban J connectivity index is 1.87. The number of thioether (sulfide) groups is 1. The lowest BCUT2D eigenvalue weighted by atomic mass is 10.1. The molecule has 100 valence electrons. The van der Waals surface area contributed by atoms with E-state index in [1.807, 2.05) is 30.0 Å². The molecule has 0 radical (unpaired) electrons. The smallest absolute Gasteiger partial charge is 0.123 e. The third-order valence-electron chi connectivity index (χ3n) is 3.06. The highest BCUT2D eigenvalue weighted by Crippen LogP contribution is 2.20. The Labute approximate surface area is 113 Å². The summed E-state index contributed by atoms with van der Waals surface area (Å²) in [4.78, 5) is 0. The molecule has 3 nitrogen and oxygen atoms in total. The number of para-hydroxylation sites is 1. The monoisotopic (exact) mass is 267 g/mol. The van der Waals surface area contributed by atoms with E-state index in [1.165, 1.54) is 29.9 Å². The molecule has 0 unspecified atom stereocenters. The highest BCUT2D eigenvalue weighted by Gasteiger charge is 2.13. The van der Waals surface area contributed by atoms with Crippen molar-refractivity contribution in [2.75, 3.05) is 24.7 Å². The number of nitrogens with one attached hydrogen (secondary N) is 1. The number of ether oxygens (including phenoxy) is 1. The normalized spacial score (nSPS) is 19.7. The molecule has 1 aliphatic heterocycles. The van der Waals surface area contributed by atoms with Crippen LogP contribution < -0.4 is 10.1 Å². The van der Waals surface area contributed by atoms with E-state index < -0.39 is 0 Å². The van der Waals surface area contributed by atoms with Crippen molar-refractivity contribution < 1.29 is 9.84 Å². The molecule has 1 heterocycles. The number of benzene rings is 1. The summed E-state index contributed by atoms with van der Waals surface area (Å²) >= 11 is 2.03. The van der Waals surface area contributed by atoms with Gasteiger partial charge in [-0.2, -0.15) is 11.8 Å². The van der Waals surface area contributed by atoms with Crippen LogP contribution in [0.2, 0.25) is 0 Å². The van der Waals surface area contributed by atoms with Crippen molar-refractivity contribution in [2.45, 2.75) is 25.4 Å². The van der Waals surface area contributed by atoms with Gasteiger partial charge in [0.15, 0.2) is 0 Å². The molecule has 2 rings (SSSR count). The summed E-state index contributed by atoms with van der Waals surface area (Å²) in [5.74, 6) is 3.39. The predicted octanol–water partition coefficient (Wildman–Crippen LogP) is 2.04. The van der Waals surface area contributed by atoms with Crippen molar-refractivity contribution in [3.63, 3.8) is 0 Å². The number of hydrogen-bond acceptors (Lipinski definition) is 4. The summed E-state index contributed by atoms with van der Waals surface area (Å²) in [5.41, 5.74) is 1.17. The fraction of sp³-hybridized carbons (Fsp3) is 0.571. The van der Waals surface area contributed by atoms with Gasteiger partial charge in [0.2, 0.25) is 0 Å². The van der Waals surface area contributed by atoms with Crippen LogP contribution in [-0.4, -0.2) is 35.9 Å². The van der Waals surface area contributed by atoms with Crippen LogP contribution in [0.3, 0.4) is 0 Å². The highest BCUT2D eigenvalue weighted by atomic mass is 32.2. The van der Waals surface area contributed by atoms with Crippen LogP contribution in [0, 0.1) is 0 Å². The van der Waals surface area contributed by atoms with Gasteiger partial charge in [-0.05, 0) is 24.7 Å². The first-order chi connectivity index (χ1) is 8.90. The zero-order chi connectivity index (χ0) is 12.6. The molecule has 1 aromatic carbocycles. The average Bonchev–Trinajstić information content (AvgIpc) is 2.45. The quantitative estimate of drug-likeness (QED) is 0.827. The van der Waals surface area contributed by atoms with Crippen LogP contribution in [0.25, 0.3) is 0 Å². The standard InChI is InChI=1S/C14H21NO2S/c16-7-8-17-14-6-2-1-4-12(14)10-15-13-5-3-9-18-11-13/h1-2,4,6,13,15-16H,3,5,7-11H2/t13-/m0/s1. The van der Waals surface area contributed by atoms with Gasteiger partial charge < -0.3 is 15.2 Å². The van der Waals surface area contributed by atoms with E-state index in [0.717, 1.165) is 12.3 Å². The third kappa shape index (κ3) is 4.19. The average molecular weight is 267 g/mol. The summed E-state index contributed by atoms with van der Waals surface area (Å²) in [6, 6.07) is 8.65. The SMILES string of the molecule is OCCOc1ccccc1CN[C@H]1CCCSC1. The van der Waals surface area contributed by atoms with Crippen molar-refractivity contribution in [1.82, 2.24) is 5.32 Å². The fourth-order valence-corrected chi connectivity index (χ4v) is 3.21. The minimum absolute atomic E-state index is 0.0566. The maximum Gasteiger partial charge on any atom is 0.123 e. The molecule has 1 fully saturated rings. The minimum atomic E-state index is 0.0566. The van der Waals surface area contributed by atoms with Crippen molar-refractivity contribution in [3.8, 4) is 5.75 Å². The summed E-state index contributed by atoms with van der Waals surface area (Å²) in [6.07, 6.45) is 2.58. The van der Waals surface area contributed by atoms with Gasteiger partial charge in [0.1, 0.15) is 12.4 Å². The molecule has 18 heavy (non-hydrogen) atoms. The van der Waals surface area contributed by atoms with Crippen molar-refractivity contribution >= 4 is 11.8 Å². The van der Waals surface area contributed by atoms with E-state index in [2.05, 4.69) is 11.4 Å². The Bertz CT molecular complexity index is 353. The van der Waals surface area contributed by atoms with E-state index in [9.17, 15) is 0 Å². The van der Waals surface area contributed by atoms with Crippen LogP contribution in [0.1, 0.15) is 18.4 Å². The van der Waals surface area contributed by atoms with E-state index in [-0.39, 0.29) is 6.61 Å². The van der Waals surface area contributed by atoms with Gasteiger partial charge in [-0.25, -0.2) is 0 Å². The Kier molecular flexibility index (Phi) is 5.84. The van der Waals surface area contributed by atoms with Gasteiger partial charge in [-0.15, -0.1) is 0 Å². The summed E-state index contributed by atoms with van der Waals surface area (Å²) in [7, 11) is 0. The molecular formula is C14H21NO2S. The van der Waals surface area contributed by atoms with E-state index in [4.69, 9.17) is 9.84 Å². The van der Waals surface area contributed by atoms with E-state index >= 15 is 0 Å². The van der Waals surface area contributed by atoms with Crippen molar-refractivity contribution in [3.05, 3.63) is 29.8 Å². The molecule has 2 N–H and O–H groups in total. The molecule has 1 saturated heterocycles. The topological polar surface area (TPSA) is 41.5 Å². The van der Waals surface area contributed by atoms with Crippen molar-refractivity contribution in [1.29, 1.82) is 0 Å². The largest absolute Gasteiger partial charge is 0.491 e. The molecule has 1 atom stereocenters. The number of rotatable bonds is 6. The van der Waals surface area contributed by atoms with Gasteiger partial charge >= 0.3 is 0 Å². The maximum atomic E-state index is 8.81. The zero-order valence-corrected chi connectivity index (χ0v) is 11.4. The Morgan fingerprint density at radius 1 is 1.39 bits per heavy atom. The van der Waals surface area contributed by atoms with Crippen molar-refractivity contribution in [2.24, 2.45) is 0 Å². The van der Waals surface area contributed by atoms with Gasteiger partial charge in [-0.1, -0.05) is 18.2 Å². The zero-order valence-electron chi connectivity index (χ0n) is 10.6. The van der Waals surface area contributed by atoms with E-state index in [0.29, 0.717) is 12.6 Å². The highest BCUT2D eigenvalue weighted by molar-refractivity contribution is 7.99. The number of aliphatic hydroxyl groups is 1. The minimum Gasteiger partial charge on any atom is -0.491 e. The molecule has 0 bridgehead atoms. The second-order valence-corrected chi connectivity index (χ2v) is 5.62. The lowest BCUT2D eigenvalue weighted by Crippen LogP contribution is -2.33. The number of aliphatic hydroxyl groups excluding tert-OH is 1. The van der Waals surface area contributed by atoms with Crippen LogP contribution in [0.4, 0.5) is 0 Å². The summed E-state index contributed by atoms with van der Waals surface area (Å²) < 4.78 is 5.53. The first-order valence-electron chi connectivity index (χ1n) is 6.53. The van der Waals surface area contributed by atoms with Crippen LogP contribution in [-0.2, 0) is 6.54 Å². The van der Waals surface area contributed by atoms with Crippen LogP contribution >= 0.6 is 11.8 Å². The first-order valence-corrected chi connectivity index (χ1v) is 7.68. The second-order valence-electron chi connectivity index (χ2n) is 4.47. The number of hydrogen-bond donors (Lipinski definition) is 2. The van der Waals surface area contributed by atoms with E-state index in [1.54, 1.807) is 0 Å². The molecule has 0 aromatic heterocycles. The predicted molar refractivity (Wildman–Crippen MR) is 76.2 cm³/mol. The molecule has 0 amide bonds. The summed E-state index contributed by atoms with van der Waals surface area (Å²) in [5, 5.41) is 12.4. The molecule has 4 heteroatoms. The fourth-order valence-electron chi connectivity index (χ4n) is 2.10. The molecular weight excluding hydrogens is 246 g/mol. The van der Waals surface area contributed by atoms with Crippen LogP contribution in [0.5, 0.6) is 5.75 Å². The lowest BCUT2D eigenvalue weighted by Gasteiger charge is -2.23. The van der Waals surface area contributed by atoms with Crippen LogP contribution in [0.15, 0.2) is 24.3 Å². The molecule has 0 saturated carbocycles. The lowest BCUT2D eigenvalue weighted by molar-refractivity contribution is 0.200. The molecule has 1 aromatic rings. The van der Waals surface area contributed by atoms with Gasteiger partial charge in [0.05, 0.1) is 6.61 Å². The second kappa shape index (κ2) is 7.67. The third-order valence-corrected chi connectivity index (χ3v) is 4.28. The molecule has 1 aliphatic rings. The Morgan fingerprint density at radius 3 is 3.06 bits per heavy atom. The van der Waals surface area contributed by atoms with Gasteiger partial charge in [0.25, 0.3) is 0 Å². The molecule has 0 aliphatic carbocycles. The van der Waals surface area contributed by atoms with Gasteiger partial charge in [0, 0.05) is 23.9 Å². The maximum absolute atomic E-state index is 8.81. The first kappa shape index (κ1) is 13.7. The Morgan fingerprint density at radius 2 is 2.28 bits per heavy atom. The molecule has 0 spiro atoms. The summed E-state index contributed by atoms with van der Waals surface area (Å²) in [6.45, 7) is 1.25.